The third-order valence-corrected chi connectivity index (χ3v) is 5.65. The number of furan rings is 1. The summed E-state index contributed by atoms with van der Waals surface area (Å²) in [5.41, 5.74) is 3.87. The Bertz CT molecular complexity index is 1250. The molecule has 4 rings (SSSR count). The maximum Gasteiger partial charge on any atom is 0.416 e. The van der Waals surface area contributed by atoms with Crippen LogP contribution < -0.4 is 10.2 Å². The Morgan fingerprint density at radius 3 is 2.67 bits per heavy atom. The first kappa shape index (κ1) is 23.2. The van der Waals surface area contributed by atoms with Crippen molar-refractivity contribution >= 4 is 40.6 Å². The maximum atomic E-state index is 13.0. The molecule has 10 heteroatoms. The molecule has 0 bridgehead atoms. The second-order valence-electron chi connectivity index (χ2n) is 7.42. The number of nitrogens with zero attached hydrogens (tertiary/aromatic N) is 1. The first-order chi connectivity index (χ1) is 15.6. The monoisotopic (exact) mass is 496 g/mol. The summed E-state index contributed by atoms with van der Waals surface area (Å²) in [6.45, 7) is 1.70. The predicted octanol–water partition coefficient (Wildman–Crippen LogP) is 7.29. The molecule has 0 unspecified atom stereocenters. The van der Waals surface area contributed by atoms with E-state index < -0.39 is 17.7 Å². The van der Waals surface area contributed by atoms with Gasteiger partial charge in [0.25, 0.3) is 0 Å². The van der Waals surface area contributed by atoms with Crippen LogP contribution in [0.2, 0.25) is 10.0 Å². The highest BCUT2D eigenvalue weighted by Gasteiger charge is 2.31. The van der Waals surface area contributed by atoms with E-state index in [1.807, 2.05) is 0 Å². The summed E-state index contributed by atoms with van der Waals surface area (Å²) in [4.78, 5) is 12.7. The van der Waals surface area contributed by atoms with Crippen LogP contribution in [0.1, 0.15) is 45.8 Å². The van der Waals surface area contributed by atoms with Crippen molar-refractivity contribution in [2.45, 2.75) is 32.4 Å². The summed E-state index contributed by atoms with van der Waals surface area (Å²) in [5, 5.41) is 4.89. The maximum absolute atomic E-state index is 13.0. The lowest BCUT2D eigenvalue weighted by Gasteiger charge is -2.14. The fraction of sp³-hybridized carbons (Fsp3) is 0.217. The van der Waals surface area contributed by atoms with Gasteiger partial charge in [0, 0.05) is 22.6 Å². The van der Waals surface area contributed by atoms with Gasteiger partial charge in [-0.3, -0.25) is 5.43 Å². The molecule has 0 amide bonds. The van der Waals surface area contributed by atoms with Gasteiger partial charge in [0.1, 0.15) is 11.5 Å². The number of benzene rings is 2. The van der Waals surface area contributed by atoms with E-state index in [1.54, 1.807) is 13.0 Å². The lowest BCUT2D eigenvalue weighted by molar-refractivity contribution is -0.137. The number of carbonyl (C=O) groups is 1. The van der Waals surface area contributed by atoms with Gasteiger partial charge in [-0.15, -0.1) is 0 Å². The van der Waals surface area contributed by atoms with Crippen molar-refractivity contribution in [2.24, 2.45) is 5.10 Å². The van der Waals surface area contributed by atoms with E-state index in [2.05, 4.69) is 10.5 Å². The number of nitrogens with one attached hydrogen (secondary N) is 1. The Labute approximate surface area is 197 Å². The molecular formula is C23H17Cl2F3N2O3. The Hall–Kier alpha value is -2.97. The standard InChI is InChI=1S/C23H17Cl2F3N2O3/c1-12-20-17(30-29-15-5-2-4-13(10-15)23(26,27)28)6-3-7-19(20)32-21(12)22(31)33-18-9-8-14(24)11-16(18)25/h2,4-5,8-11,29H,3,6-7H2,1H3/b30-17+. The normalized spacial score (nSPS) is 14.8. The minimum Gasteiger partial charge on any atom is -0.453 e. The van der Waals surface area contributed by atoms with Gasteiger partial charge < -0.3 is 9.15 Å². The molecule has 172 valence electrons. The second-order valence-corrected chi connectivity index (χ2v) is 8.26. The fourth-order valence-corrected chi connectivity index (χ4v) is 4.02. The molecule has 0 saturated heterocycles. The molecule has 0 spiro atoms. The smallest absolute Gasteiger partial charge is 0.416 e. The topological polar surface area (TPSA) is 63.8 Å². The van der Waals surface area contributed by atoms with Crippen molar-refractivity contribution in [3.05, 3.63) is 80.7 Å². The molecule has 33 heavy (non-hydrogen) atoms. The van der Waals surface area contributed by atoms with Crippen LogP contribution in [0.15, 0.2) is 52.0 Å². The van der Waals surface area contributed by atoms with E-state index >= 15 is 0 Å². The largest absolute Gasteiger partial charge is 0.453 e. The van der Waals surface area contributed by atoms with Crippen LogP contribution in [0.25, 0.3) is 0 Å². The Morgan fingerprint density at radius 2 is 1.94 bits per heavy atom. The Balaban J connectivity index is 1.59. The van der Waals surface area contributed by atoms with Crippen LogP contribution in [-0.4, -0.2) is 11.7 Å². The predicted molar refractivity (Wildman–Crippen MR) is 119 cm³/mol. The van der Waals surface area contributed by atoms with Crippen molar-refractivity contribution in [3.8, 4) is 5.75 Å². The number of fused-ring (bicyclic) bond motifs is 1. The molecule has 1 aliphatic carbocycles. The average molecular weight is 497 g/mol. The summed E-state index contributed by atoms with van der Waals surface area (Å²) in [7, 11) is 0. The first-order valence-electron chi connectivity index (χ1n) is 9.93. The zero-order valence-corrected chi connectivity index (χ0v) is 18.7. The highest BCUT2D eigenvalue weighted by Crippen LogP contribution is 2.33. The summed E-state index contributed by atoms with van der Waals surface area (Å²) < 4.78 is 50.0. The number of hydrogen-bond acceptors (Lipinski definition) is 5. The van der Waals surface area contributed by atoms with E-state index in [4.69, 9.17) is 32.4 Å². The molecule has 1 aliphatic rings. The second kappa shape index (κ2) is 9.11. The van der Waals surface area contributed by atoms with Crippen LogP contribution in [0.3, 0.4) is 0 Å². The number of anilines is 1. The number of hydrogen-bond donors (Lipinski definition) is 1. The molecule has 5 nitrogen and oxygen atoms in total. The summed E-state index contributed by atoms with van der Waals surface area (Å²) in [6.07, 6.45) is -2.59. The number of alkyl halides is 3. The molecule has 1 N–H and O–H groups in total. The van der Waals surface area contributed by atoms with Gasteiger partial charge in [0.15, 0.2) is 0 Å². The van der Waals surface area contributed by atoms with Crippen LogP contribution in [0, 0.1) is 6.92 Å². The van der Waals surface area contributed by atoms with E-state index in [1.165, 1.54) is 24.3 Å². The molecule has 0 radical (unpaired) electrons. The van der Waals surface area contributed by atoms with E-state index in [0.717, 1.165) is 12.1 Å². The summed E-state index contributed by atoms with van der Waals surface area (Å²) in [6, 6.07) is 9.24. The van der Waals surface area contributed by atoms with Crippen LogP contribution in [0.4, 0.5) is 18.9 Å². The molecule has 0 aliphatic heterocycles. The number of ether oxygens (including phenoxy) is 1. The molecule has 2 aromatic carbocycles. The van der Waals surface area contributed by atoms with Gasteiger partial charge in [-0.05, 0) is 56.2 Å². The number of hydrazone groups is 1. The number of halogens is 5. The summed E-state index contributed by atoms with van der Waals surface area (Å²) in [5.74, 6) is -0.00608. The molecule has 1 heterocycles. The van der Waals surface area contributed by atoms with Gasteiger partial charge in [0.05, 0.1) is 22.0 Å². The van der Waals surface area contributed by atoms with Crippen molar-refractivity contribution < 1.29 is 27.1 Å². The van der Waals surface area contributed by atoms with Crippen molar-refractivity contribution in [1.82, 2.24) is 0 Å². The average Bonchev–Trinajstić information content (AvgIpc) is 3.11. The molecule has 0 atom stereocenters. The minimum atomic E-state index is -4.45. The lowest BCUT2D eigenvalue weighted by atomic mass is 9.93. The fourth-order valence-electron chi connectivity index (χ4n) is 3.58. The van der Waals surface area contributed by atoms with Gasteiger partial charge in [-0.1, -0.05) is 29.3 Å². The van der Waals surface area contributed by atoms with Crippen LogP contribution in [0.5, 0.6) is 5.75 Å². The van der Waals surface area contributed by atoms with Crippen molar-refractivity contribution in [1.29, 1.82) is 0 Å². The minimum absolute atomic E-state index is 0.0136. The van der Waals surface area contributed by atoms with Gasteiger partial charge in [-0.2, -0.15) is 18.3 Å². The number of esters is 1. The number of aryl methyl sites for hydroxylation is 1. The Kier molecular flexibility index (Phi) is 6.41. The number of carbonyl (C=O) groups excluding carboxylic acids is 1. The van der Waals surface area contributed by atoms with Gasteiger partial charge in [-0.25, -0.2) is 4.79 Å². The highest BCUT2D eigenvalue weighted by molar-refractivity contribution is 6.35. The van der Waals surface area contributed by atoms with E-state index in [-0.39, 0.29) is 22.2 Å². The third-order valence-electron chi connectivity index (χ3n) is 5.12. The van der Waals surface area contributed by atoms with Gasteiger partial charge >= 0.3 is 12.1 Å². The SMILES string of the molecule is Cc1c(C(=O)Oc2ccc(Cl)cc2Cl)oc2c1/C(=N/Nc1cccc(C(F)(F)F)c1)CCC2. The number of rotatable bonds is 4. The first-order valence-corrected chi connectivity index (χ1v) is 10.7. The zero-order valence-electron chi connectivity index (χ0n) is 17.2. The third kappa shape index (κ3) is 5.02. The van der Waals surface area contributed by atoms with Crippen molar-refractivity contribution in [2.75, 3.05) is 5.43 Å². The zero-order chi connectivity index (χ0) is 23.8. The van der Waals surface area contributed by atoms with E-state index in [0.29, 0.717) is 46.9 Å². The van der Waals surface area contributed by atoms with Gasteiger partial charge in [0.2, 0.25) is 5.76 Å². The summed E-state index contributed by atoms with van der Waals surface area (Å²) >= 11 is 11.9. The molecule has 0 saturated carbocycles. The van der Waals surface area contributed by atoms with Crippen LogP contribution in [-0.2, 0) is 12.6 Å². The molecule has 0 fully saturated rings. The lowest BCUT2D eigenvalue weighted by Crippen LogP contribution is -2.14. The quantitative estimate of drug-likeness (QED) is 0.234. The highest BCUT2D eigenvalue weighted by atomic mass is 35.5. The Morgan fingerprint density at radius 1 is 1.15 bits per heavy atom. The van der Waals surface area contributed by atoms with Crippen LogP contribution >= 0.6 is 23.2 Å². The van der Waals surface area contributed by atoms with Crippen molar-refractivity contribution in [3.63, 3.8) is 0 Å². The van der Waals surface area contributed by atoms with E-state index in [9.17, 15) is 18.0 Å². The molecule has 3 aromatic rings. The molecule has 1 aromatic heterocycles. The molecular weight excluding hydrogens is 480 g/mol.